The monoisotopic (exact) mass is 506 g/mol. The maximum absolute atomic E-state index is 12.7. The topological polar surface area (TPSA) is 129 Å². The van der Waals surface area contributed by atoms with Crippen molar-refractivity contribution in [3.8, 4) is 23.0 Å². The highest BCUT2D eigenvalue weighted by atomic mass is 32.1. The van der Waals surface area contributed by atoms with Crippen molar-refractivity contribution in [1.82, 2.24) is 10.3 Å². The average molecular weight is 507 g/mol. The van der Waals surface area contributed by atoms with E-state index in [4.69, 9.17) is 26.1 Å². The molecule has 4 aromatic rings. The van der Waals surface area contributed by atoms with Crippen LogP contribution in [0.2, 0.25) is 0 Å². The second-order valence-corrected chi connectivity index (χ2v) is 8.30. The summed E-state index contributed by atoms with van der Waals surface area (Å²) in [6.45, 7) is 4.02. The van der Waals surface area contributed by atoms with Gasteiger partial charge in [-0.3, -0.25) is 20.2 Å². The number of oxazole rings is 1. The molecule has 0 bridgehead atoms. The van der Waals surface area contributed by atoms with Crippen LogP contribution in [0.4, 0.5) is 11.4 Å². The molecule has 0 aliphatic carbocycles. The fraction of sp³-hybridized carbons (Fsp3) is 0.160. The highest BCUT2D eigenvalue weighted by Crippen LogP contribution is 2.33. The smallest absolute Gasteiger partial charge is 0.311 e. The van der Waals surface area contributed by atoms with Crippen molar-refractivity contribution < 1.29 is 23.6 Å². The van der Waals surface area contributed by atoms with Gasteiger partial charge in [-0.15, -0.1) is 0 Å². The Morgan fingerprint density at radius 1 is 1.03 bits per heavy atom. The number of fused-ring (bicyclic) bond motifs is 1. The summed E-state index contributed by atoms with van der Waals surface area (Å²) in [6.07, 6.45) is 0. The first-order valence-electron chi connectivity index (χ1n) is 10.7. The van der Waals surface area contributed by atoms with E-state index < -0.39 is 10.8 Å². The number of carbonyl (C=O) groups is 1. The molecule has 1 heterocycles. The van der Waals surface area contributed by atoms with Crippen molar-refractivity contribution in [2.24, 2.45) is 0 Å². The van der Waals surface area contributed by atoms with Crippen LogP contribution in [-0.2, 0) is 0 Å². The number of ether oxygens (including phenoxy) is 2. The van der Waals surface area contributed by atoms with E-state index in [1.54, 1.807) is 18.2 Å². The number of rotatable bonds is 6. The molecule has 0 atom stereocenters. The van der Waals surface area contributed by atoms with Crippen molar-refractivity contribution in [3.05, 3.63) is 75.3 Å². The number of methoxy groups -OCH3 is 2. The lowest BCUT2D eigenvalue weighted by Crippen LogP contribution is -2.34. The Morgan fingerprint density at radius 3 is 2.42 bits per heavy atom. The number of nitrogens with one attached hydrogen (secondary N) is 2. The van der Waals surface area contributed by atoms with E-state index in [0.717, 1.165) is 22.7 Å². The van der Waals surface area contributed by atoms with E-state index in [-0.39, 0.29) is 22.1 Å². The molecule has 0 unspecified atom stereocenters. The van der Waals surface area contributed by atoms with Gasteiger partial charge >= 0.3 is 5.69 Å². The maximum atomic E-state index is 12.7. The van der Waals surface area contributed by atoms with Crippen LogP contribution in [0.3, 0.4) is 0 Å². The molecule has 11 heteroatoms. The highest BCUT2D eigenvalue weighted by molar-refractivity contribution is 7.80. The normalized spacial score (nSPS) is 10.7. The summed E-state index contributed by atoms with van der Waals surface area (Å²) in [5.74, 6) is 0.306. The zero-order valence-electron chi connectivity index (χ0n) is 19.9. The van der Waals surface area contributed by atoms with E-state index in [0.29, 0.717) is 28.5 Å². The molecule has 0 radical (unpaired) electrons. The molecule has 1 aromatic heterocycles. The van der Waals surface area contributed by atoms with Crippen molar-refractivity contribution in [2.75, 3.05) is 19.5 Å². The molecule has 0 aliphatic rings. The van der Waals surface area contributed by atoms with Crippen LogP contribution in [0.15, 0.2) is 52.9 Å². The van der Waals surface area contributed by atoms with Crippen LogP contribution in [0, 0.1) is 24.0 Å². The Labute approximate surface area is 211 Å². The van der Waals surface area contributed by atoms with E-state index >= 15 is 0 Å². The quantitative estimate of drug-likeness (QED) is 0.207. The van der Waals surface area contributed by atoms with Gasteiger partial charge in [-0.25, -0.2) is 4.98 Å². The minimum atomic E-state index is -0.628. The number of nitro benzene ring substituents is 1. The standard InChI is InChI=1S/C25H22N4O6S/c1-13-9-17-22(10-14(13)2)35-24(26-17)16-6-7-20(33-3)18(11-16)27-25(36)28-23(30)15-5-8-21(34-4)19(12-15)29(31)32/h5-12H,1-4H3,(H2,27,28,30,36). The molecule has 0 fully saturated rings. The number of aromatic nitrogens is 1. The van der Waals surface area contributed by atoms with Crippen LogP contribution < -0.4 is 20.1 Å². The average Bonchev–Trinajstić information content (AvgIpc) is 3.26. The predicted molar refractivity (Wildman–Crippen MR) is 139 cm³/mol. The van der Waals surface area contributed by atoms with Gasteiger partial charge in [0.05, 0.1) is 24.8 Å². The highest BCUT2D eigenvalue weighted by Gasteiger charge is 2.19. The summed E-state index contributed by atoms with van der Waals surface area (Å²) in [6, 6.07) is 13.0. The molecule has 3 aromatic carbocycles. The van der Waals surface area contributed by atoms with Crippen LogP contribution in [0.5, 0.6) is 11.5 Å². The number of nitrogens with zero attached hydrogens (tertiary/aromatic N) is 2. The van der Waals surface area contributed by atoms with Gasteiger partial charge in [0.25, 0.3) is 5.91 Å². The number of anilines is 1. The van der Waals surface area contributed by atoms with Crippen LogP contribution in [-0.4, -0.2) is 35.1 Å². The molecule has 0 saturated heterocycles. The largest absolute Gasteiger partial charge is 0.495 e. The molecule has 2 N–H and O–H groups in total. The summed E-state index contributed by atoms with van der Waals surface area (Å²) in [5.41, 5.74) is 4.49. The minimum absolute atomic E-state index is 0.0299. The molecular formula is C25H22N4O6S. The lowest BCUT2D eigenvalue weighted by molar-refractivity contribution is -0.385. The van der Waals surface area contributed by atoms with E-state index in [9.17, 15) is 14.9 Å². The van der Waals surface area contributed by atoms with Crippen molar-refractivity contribution in [2.45, 2.75) is 13.8 Å². The van der Waals surface area contributed by atoms with Gasteiger partial charge in [0.15, 0.2) is 16.4 Å². The summed E-state index contributed by atoms with van der Waals surface area (Å²) in [5, 5.41) is 16.7. The number of carbonyl (C=O) groups excluding carboxylic acids is 1. The Kier molecular flexibility index (Phi) is 6.84. The van der Waals surface area contributed by atoms with Gasteiger partial charge in [-0.1, -0.05) is 0 Å². The lowest BCUT2D eigenvalue weighted by atomic mass is 10.1. The molecule has 0 saturated carbocycles. The molecule has 10 nitrogen and oxygen atoms in total. The third kappa shape index (κ3) is 4.96. The van der Waals surface area contributed by atoms with Gasteiger partial charge in [-0.05, 0) is 79.7 Å². The van der Waals surface area contributed by atoms with Gasteiger partial charge in [0.1, 0.15) is 11.3 Å². The van der Waals surface area contributed by atoms with E-state index in [1.165, 1.54) is 26.4 Å². The number of hydrogen-bond acceptors (Lipinski definition) is 8. The second kappa shape index (κ2) is 10.0. The summed E-state index contributed by atoms with van der Waals surface area (Å²) in [4.78, 5) is 27.9. The predicted octanol–water partition coefficient (Wildman–Crippen LogP) is 5.16. The Balaban J connectivity index is 1.56. The molecule has 4 rings (SSSR count). The molecule has 36 heavy (non-hydrogen) atoms. The number of thiocarbonyl (C=S) groups is 1. The van der Waals surface area contributed by atoms with Gasteiger partial charge in [0.2, 0.25) is 5.89 Å². The van der Waals surface area contributed by atoms with Crippen LogP contribution in [0.25, 0.3) is 22.6 Å². The zero-order valence-corrected chi connectivity index (χ0v) is 20.7. The summed E-state index contributed by atoms with van der Waals surface area (Å²) >= 11 is 5.30. The van der Waals surface area contributed by atoms with Gasteiger partial charge in [-0.2, -0.15) is 0 Å². The first-order chi connectivity index (χ1) is 17.2. The lowest BCUT2D eigenvalue weighted by Gasteiger charge is -2.14. The molecule has 184 valence electrons. The Morgan fingerprint density at radius 2 is 1.72 bits per heavy atom. The van der Waals surface area contributed by atoms with Gasteiger partial charge in [0, 0.05) is 17.2 Å². The number of benzene rings is 3. The number of aryl methyl sites for hydroxylation is 2. The van der Waals surface area contributed by atoms with Gasteiger partial charge < -0.3 is 19.2 Å². The Bertz CT molecular complexity index is 1480. The maximum Gasteiger partial charge on any atom is 0.311 e. The first-order valence-corrected chi connectivity index (χ1v) is 11.1. The number of nitro groups is 1. The molecule has 1 amide bonds. The molecule has 0 aliphatic heterocycles. The van der Waals surface area contributed by atoms with E-state index in [1.807, 2.05) is 26.0 Å². The zero-order chi connectivity index (χ0) is 26.0. The third-order valence-electron chi connectivity index (χ3n) is 5.56. The molecular weight excluding hydrogens is 484 g/mol. The van der Waals surface area contributed by atoms with Crippen molar-refractivity contribution >= 4 is 45.7 Å². The van der Waals surface area contributed by atoms with Crippen molar-refractivity contribution in [1.29, 1.82) is 0 Å². The summed E-state index contributed by atoms with van der Waals surface area (Å²) < 4.78 is 16.3. The molecule has 0 spiro atoms. The fourth-order valence-electron chi connectivity index (χ4n) is 3.54. The third-order valence-corrected chi connectivity index (χ3v) is 5.77. The van der Waals surface area contributed by atoms with Crippen LogP contribution in [0.1, 0.15) is 21.5 Å². The SMILES string of the molecule is COc1ccc(-c2nc3cc(C)c(C)cc3o2)cc1NC(=S)NC(=O)c1ccc(OC)c([N+](=O)[O-])c1. The van der Waals surface area contributed by atoms with Crippen molar-refractivity contribution in [3.63, 3.8) is 0 Å². The number of hydrogen-bond donors (Lipinski definition) is 2. The first kappa shape index (κ1) is 24.6. The summed E-state index contributed by atoms with van der Waals surface area (Å²) in [7, 11) is 2.81. The number of amides is 1. The Hall–Kier alpha value is -4.51. The fourth-order valence-corrected chi connectivity index (χ4v) is 3.75. The minimum Gasteiger partial charge on any atom is -0.495 e. The van der Waals surface area contributed by atoms with E-state index in [2.05, 4.69) is 15.6 Å². The second-order valence-electron chi connectivity index (χ2n) is 7.89. The van der Waals surface area contributed by atoms with Crippen LogP contribution >= 0.6 is 12.2 Å².